The fourth-order valence-corrected chi connectivity index (χ4v) is 2.02. The van der Waals surface area contributed by atoms with Crippen molar-refractivity contribution in [1.29, 1.82) is 0 Å². The first kappa shape index (κ1) is 11.5. The Balaban J connectivity index is 2.31. The number of hydrogen-bond donors (Lipinski definition) is 1. The van der Waals surface area contributed by atoms with Gasteiger partial charge in [0.2, 0.25) is 5.91 Å². The highest BCUT2D eigenvalue weighted by atomic mass is 16.5. The summed E-state index contributed by atoms with van der Waals surface area (Å²) < 4.78 is 4.96. The Kier molecular flexibility index (Phi) is 4.39. The van der Waals surface area contributed by atoms with Crippen molar-refractivity contribution in [1.82, 2.24) is 5.32 Å². The molecular formula is C11H21NO2. The largest absolute Gasteiger partial charge is 0.372 e. The van der Waals surface area contributed by atoms with E-state index in [1.54, 1.807) is 14.0 Å². The highest BCUT2D eigenvalue weighted by molar-refractivity contribution is 5.80. The maximum atomic E-state index is 11.5. The van der Waals surface area contributed by atoms with Crippen LogP contribution in [-0.2, 0) is 9.53 Å². The number of carbonyl (C=O) groups is 1. The van der Waals surface area contributed by atoms with E-state index in [4.69, 9.17) is 4.74 Å². The summed E-state index contributed by atoms with van der Waals surface area (Å²) in [7, 11) is 1.56. The lowest BCUT2D eigenvalue weighted by atomic mass is 10.00. The normalized spacial score (nSPS) is 21.9. The Hall–Kier alpha value is -0.570. The summed E-state index contributed by atoms with van der Waals surface area (Å²) >= 11 is 0. The molecule has 1 N–H and O–H groups in total. The van der Waals surface area contributed by atoms with Crippen LogP contribution in [0.15, 0.2) is 0 Å². The van der Waals surface area contributed by atoms with Crippen molar-refractivity contribution in [2.24, 2.45) is 5.92 Å². The summed E-state index contributed by atoms with van der Waals surface area (Å²) in [5, 5.41) is 3.01. The smallest absolute Gasteiger partial charge is 0.249 e. The second-order valence-corrected chi connectivity index (χ2v) is 4.22. The zero-order valence-electron chi connectivity index (χ0n) is 9.38. The second-order valence-electron chi connectivity index (χ2n) is 4.22. The highest BCUT2D eigenvalue weighted by Gasteiger charge is 2.24. The van der Waals surface area contributed by atoms with Gasteiger partial charge in [0.15, 0.2) is 0 Å². The molecule has 1 rings (SSSR count). The van der Waals surface area contributed by atoms with Gasteiger partial charge >= 0.3 is 0 Å². The highest BCUT2D eigenvalue weighted by Crippen LogP contribution is 2.27. The van der Waals surface area contributed by atoms with E-state index in [2.05, 4.69) is 12.2 Å². The molecule has 0 aromatic rings. The minimum Gasteiger partial charge on any atom is -0.372 e. The summed E-state index contributed by atoms with van der Waals surface area (Å²) in [5.74, 6) is 0.676. The van der Waals surface area contributed by atoms with Crippen LogP contribution in [0.3, 0.4) is 0 Å². The molecule has 2 atom stereocenters. The van der Waals surface area contributed by atoms with Crippen LogP contribution in [0.25, 0.3) is 0 Å². The summed E-state index contributed by atoms with van der Waals surface area (Å²) in [5.41, 5.74) is 0. The number of nitrogens with one attached hydrogen (secondary N) is 1. The molecule has 0 spiro atoms. The molecule has 1 aliphatic carbocycles. The lowest BCUT2D eigenvalue weighted by Crippen LogP contribution is -2.42. The average Bonchev–Trinajstić information content (AvgIpc) is 2.69. The van der Waals surface area contributed by atoms with Gasteiger partial charge in [0.1, 0.15) is 6.10 Å². The van der Waals surface area contributed by atoms with Crippen LogP contribution < -0.4 is 5.32 Å². The van der Waals surface area contributed by atoms with Crippen molar-refractivity contribution in [2.75, 3.05) is 7.11 Å². The summed E-state index contributed by atoms with van der Waals surface area (Å²) in [6.07, 6.45) is 4.79. The van der Waals surface area contributed by atoms with Gasteiger partial charge in [0, 0.05) is 13.2 Å². The average molecular weight is 199 g/mol. The minimum atomic E-state index is -0.334. The Morgan fingerprint density at radius 2 is 1.93 bits per heavy atom. The number of hydrogen-bond acceptors (Lipinski definition) is 2. The number of ether oxygens (including phenoxy) is 1. The lowest BCUT2D eigenvalue weighted by molar-refractivity contribution is -0.131. The van der Waals surface area contributed by atoms with E-state index in [-0.39, 0.29) is 12.0 Å². The molecule has 0 saturated heterocycles. The van der Waals surface area contributed by atoms with E-state index in [0.717, 1.165) is 0 Å². The van der Waals surface area contributed by atoms with Gasteiger partial charge in [0.05, 0.1) is 0 Å². The third-order valence-electron chi connectivity index (χ3n) is 3.20. The summed E-state index contributed by atoms with van der Waals surface area (Å²) in [6, 6.07) is 0.294. The van der Waals surface area contributed by atoms with Gasteiger partial charge in [-0.05, 0) is 32.6 Å². The molecule has 0 radical (unpaired) electrons. The predicted octanol–water partition coefficient (Wildman–Crippen LogP) is 1.72. The molecule has 82 valence electrons. The van der Waals surface area contributed by atoms with Crippen LogP contribution in [-0.4, -0.2) is 25.2 Å². The third kappa shape index (κ3) is 2.98. The van der Waals surface area contributed by atoms with Gasteiger partial charge in [-0.3, -0.25) is 4.79 Å². The minimum absolute atomic E-state index is 0.00639. The molecule has 0 heterocycles. The van der Waals surface area contributed by atoms with Crippen LogP contribution >= 0.6 is 0 Å². The van der Waals surface area contributed by atoms with Gasteiger partial charge in [-0.1, -0.05) is 12.8 Å². The Morgan fingerprint density at radius 1 is 1.36 bits per heavy atom. The summed E-state index contributed by atoms with van der Waals surface area (Å²) in [4.78, 5) is 11.5. The van der Waals surface area contributed by atoms with E-state index < -0.39 is 0 Å². The van der Waals surface area contributed by atoms with Gasteiger partial charge in [-0.2, -0.15) is 0 Å². The molecule has 0 aromatic heterocycles. The molecule has 1 fully saturated rings. The van der Waals surface area contributed by atoms with Crippen molar-refractivity contribution in [3.8, 4) is 0 Å². The zero-order chi connectivity index (χ0) is 10.6. The first-order valence-electron chi connectivity index (χ1n) is 5.48. The molecule has 0 bridgehead atoms. The number of carbonyl (C=O) groups excluding carboxylic acids is 1. The topological polar surface area (TPSA) is 38.3 Å². The fraction of sp³-hybridized carbons (Fsp3) is 0.909. The molecule has 1 amide bonds. The van der Waals surface area contributed by atoms with Gasteiger partial charge in [0.25, 0.3) is 0 Å². The number of methoxy groups -OCH3 is 1. The third-order valence-corrected chi connectivity index (χ3v) is 3.20. The second kappa shape index (κ2) is 5.35. The van der Waals surface area contributed by atoms with E-state index in [1.165, 1.54) is 25.7 Å². The van der Waals surface area contributed by atoms with Crippen LogP contribution in [0.5, 0.6) is 0 Å². The van der Waals surface area contributed by atoms with Crippen molar-refractivity contribution in [2.45, 2.75) is 51.7 Å². The Bertz CT molecular complexity index is 188. The van der Waals surface area contributed by atoms with E-state index in [1.807, 2.05) is 0 Å². The van der Waals surface area contributed by atoms with E-state index >= 15 is 0 Å². The monoisotopic (exact) mass is 199 g/mol. The molecular weight excluding hydrogens is 178 g/mol. The standard InChI is InChI=1S/C11H21NO2/c1-8(10-6-4-5-7-10)12-11(13)9(2)14-3/h8-10H,4-7H2,1-3H3,(H,12,13). The van der Waals surface area contributed by atoms with Gasteiger partial charge in [-0.15, -0.1) is 0 Å². The molecule has 1 aliphatic rings. The van der Waals surface area contributed by atoms with Crippen LogP contribution in [0, 0.1) is 5.92 Å². The molecule has 14 heavy (non-hydrogen) atoms. The Labute approximate surface area is 86.2 Å². The molecule has 0 aliphatic heterocycles. The quantitative estimate of drug-likeness (QED) is 0.748. The molecule has 2 unspecified atom stereocenters. The van der Waals surface area contributed by atoms with Gasteiger partial charge in [-0.25, -0.2) is 0 Å². The first-order valence-corrected chi connectivity index (χ1v) is 5.48. The Morgan fingerprint density at radius 3 is 2.43 bits per heavy atom. The van der Waals surface area contributed by atoms with Crippen molar-refractivity contribution < 1.29 is 9.53 Å². The van der Waals surface area contributed by atoms with Crippen molar-refractivity contribution in [3.05, 3.63) is 0 Å². The maximum Gasteiger partial charge on any atom is 0.249 e. The SMILES string of the molecule is COC(C)C(=O)NC(C)C1CCCC1. The lowest BCUT2D eigenvalue weighted by Gasteiger charge is -2.21. The number of amides is 1. The zero-order valence-corrected chi connectivity index (χ0v) is 9.38. The predicted molar refractivity (Wildman–Crippen MR) is 56.0 cm³/mol. The van der Waals surface area contributed by atoms with E-state index in [9.17, 15) is 4.79 Å². The maximum absolute atomic E-state index is 11.5. The number of rotatable bonds is 4. The molecule has 1 saturated carbocycles. The van der Waals surface area contributed by atoms with E-state index in [0.29, 0.717) is 12.0 Å². The summed E-state index contributed by atoms with van der Waals surface area (Å²) in [6.45, 7) is 3.87. The van der Waals surface area contributed by atoms with Crippen molar-refractivity contribution in [3.63, 3.8) is 0 Å². The van der Waals surface area contributed by atoms with Crippen LogP contribution in [0.2, 0.25) is 0 Å². The van der Waals surface area contributed by atoms with Crippen LogP contribution in [0.1, 0.15) is 39.5 Å². The molecule has 3 nitrogen and oxygen atoms in total. The molecule has 3 heteroatoms. The van der Waals surface area contributed by atoms with Crippen LogP contribution in [0.4, 0.5) is 0 Å². The van der Waals surface area contributed by atoms with Crippen molar-refractivity contribution >= 4 is 5.91 Å². The van der Waals surface area contributed by atoms with Gasteiger partial charge < -0.3 is 10.1 Å². The first-order chi connectivity index (χ1) is 6.65. The fourth-order valence-electron chi connectivity index (χ4n) is 2.02. The molecule has 0 aromatic carbocycles.